The maximum Gasteiger partial charge on any atom is 0.137 e. The maximum atomic E-state index is 4.30. The molecule has 0 saturated carbocycles. The van der Waals surface area contributed by atoms with Crippen LogP contribution < -0.4 is 0 Å². The number of rotatable bonds is 3. The van der Waals surface area contributed by atoms with Gasteiger partial charge in [0.05, 0.1) is 0 Å². The third-order valence-electron chi connectivity index (χ3n) is 3.07. The fourth-order valence-electron chi connectivity index (χ4n) is 2.14. The molecule has 1 aromatic heterocycles. The molecule has 5 heteroatoms. The van der Waals surface area contributed by atoms with Crippen LogP contribution in [0.1, 0.15) is 17.2 Å². The standard InChI is InChI=1S/C15H11Br2N3/c16-13-5-1-11(2-6-13)15(20-10-18-9-19-20)12-3-7-14(17)8-4-12/h1-10,15H. The van der Waals surface area contributed by atoms with E-state index in [9.17, 15) is 0 Å². The van der Waals surface area contributed by atoms with Gasteiger partial charge in [0.2, 0.25) is 0 Å². The molecule has 0 aliphatic heterocycles. The van der Waals surface area contributed by atoms with Crippen LogP contribution in [0.2, 0.25) is 0 Å². The van der Waals surface area contributed by atoms with Crippen LogP contribution >= 0.6 is 31.9 Å². The quantitative estimate of drug-likeness (QED) is 0.659. The zero-order chi connectivity index (χ0) is 13.9. The molecule has 0 aliphatic carbocycles. The number of aromatic nitrogens is 3. The van der Waals surface area contributed by atoms with E-state index in [4.69, 9.17) is 0 Å². The molecular formula is C15H11Br2N3. The fraction of sp³-hybridized carbons (Fsp3) is 0.0667. The Hall–Kier alpha value is -1.46. The summed E-state index contributed by atoms with van der Waals surface area (Å²) in [7, 11) is 0. The fourth-order valence-corrected chi connectivity index (χ4v) is 2.67. The van der Waals surface area contributed by atoms with Gasteiger partial charge in [-0.05, 0) is 35.4 Å². The first-order valence-electron chi connectivity index (χ1n) is 6.09. The van der Waals surface area contributed by atoms with E-state index < -0.39 is 0 Å². The second-order valence-corrected chi connectivity index (χ2v) is 6.21. The molecule has 3 nitrogen and oxygen atoms in total. The van der Waals surface area contributed by atoms with Crippen LogP contribution in [0.25, 0.3) is 0 Å². The normalized spacial score (nSPS) is 10.9. The lowest BCUT2D eigenvalue weighted by Gasteiger charge is -2.18. The molecule has 2 aromatic carbocycles. The third kappa shape index (κ3) is 2.83. The average Bonchev–Trinajstić information content (AvgIpc) is 2.97. The largest absolute Gasteiger partial charge is 0.241 e. The van der Waals surface area contributed by atoms with Crippen LogP contribution in [0.5, 0.6) is 0 Å². The first-order valence-corrected chi connectivity index (χ1v) is 7.68. The highest BCUT2D eigenvalue weighted by atomic mass is 79.9. The van der Waals surface area contributed by atoms with Gasteiger partial charge in [-0.15, -0.1) is 0 Å². The van der Waals surface area contributed by atoms with Gasteiger partial charge in [-0.3, -0.25) is 0 Å². The number of hydrogen-bond donors (Lipinski definition) is 0. The lowest BCUT2D eigenvalue weighted by Crippen LogP contribution is -2.12. The Balaban J connectivity index is 2.09. The van der Waals surface area contributed by atoms with E-state index >= 15 is 0 Å². The van der Waals surface area contributed by atoms with Crippen molar-refractivity contribution in [2.24, 2.45) is 0 Å². The Morgan fingerprint density at radius 1 is 0.800 bits per heavy atom. The van der Waals surface area contributed by atoms with E-state index in [0.717, 1.165) is 8.95 Å². The van der Waals surface area contributed by atoms with Gasteiger partial charge in [0, 0.05) is 8.95 Å². The van der Waals surface area contributed by atoms with E-state index in [1.165, 1.54) is 11.1 Å². The maximum absolute atomic E-state index is 4.30. The van der Waals surface area contributed by atoms with E-state index in [-0.39, 0.29) is 6.04 Å². The van der Waals surface area contributed by atoms with Crippen molar-refractivity contribution in [2.75, 3.05) is 0 Å². The summed E-state index contributed by atoms with van der Waals surface area (Å²) >= 11 is 6.94. The van der Waals surface area contributed by atoms with E-state index in [1.54, 1.807) is 12.7 Å². The number of benzene rings is 2. The minimum Gasteiger partial charge on any atom is -0.241 e. The van der Waals surface area contributed by atoms with Gasteiger partial charge >= 0.3 is 0 Å². The molecule has 0 N–H and O–H groups in total. The van der Waals surface area contributed by atoms with Crippen LogP contribution in [-0.4, -0.2) is 14.8 Å². The summed E-state index contributed by atoms with van der Waals surface area (Å²) in [6, 6.07) is 16.6. The molecule has 1 heterocycles. The van der Waals surface area contributed by atoms with Gasteiger partial charge in [0.1, 0.15) is 18.7 Å². The van der Waals surface area contributed by atoms with Crippen molar-refractivity contribution in [1.82, 2.24) is 14.8 Å². The minimum absolute atomic E-state index is 0.0266. The molecule has 0 saturated heterocycles. The van der Waals surface area contributed by atoms with Gasteiger partial charge in [0.25, 0.3) is 0 Å². The van der Waals surface area contributed by atoms with E-state index in [2.05, 4.69) is 66.2 Å². The second kappa shape index (κ2) is 5.89. The minimum atomic E-state index is 0.0266. The van der Waals surface area contributed by atoms with Crippen molar-refractivity contribution in [2.45, 2.75) is 6.04 Å². The molecule has 20 heavy (non-hydrogen) atoms. The summed E-state index contributed by atoms with van der Waals surface area (Å²) < 4.78 is 4.00. The first kappa shape index (κ1) is 13.5. The smallest absolute Gasteiger partial charge is 0.137 e. The predicted molar refractivity (Wildman–Crippen MR) is 85.5 cm³/mol. The Kier molecular flexibility index (Phi) is 3.98. The van der Waals surface area contributed by atoms with Crippen LogP contribution in [0.3, 0.4) is 0 Å². The van der Waals surface area contributed by atoms with Crippen molar-refractivity contribution in [3.05, 3.63) is 81.3 Å². The van der Waals surface area contributed by atoms with Gasteiger partial charge in [0.15, 0.2) is 0 Å². The van der Waals surface area contributed by atoms with Crippen molar-refractivity contribution < 1.29 is 0 Å². The summed E-state index contributed by atoms with van der Waals surface area (Å²) in [6.07, 6.45) is 3.31. The van der Waals surface area contributed by atoms with E-state index in [0.29, 0.717) is 0 Å². The van der Waals surface area contributed by atoms with Gasteiger partial charge in [-0.25, -0.2) is 9.67 Å². The lowest BCUT2D eigenvalue weighted by atomic mass is 9.99. The van der Waals surface area contributed by atoms with Crippen molar-refractivity contribution in [1.29, 1.82) is 0 Å². The summed E-state index contributed by atoms with van der Waals surface area (Å²) in [5.74, 6) is 0. The highest BCUT2D eigenvalue weighted by Crippen LogP contribution is 2.27. The second-order valence-electron chi connectivity index (χ2n) is 4.38. The average molecular weight is 393 g/mol. The van der Waals surface area contributed by atoms with E-state index in [1.807, 2.05) is 28.9 Å². The summed E-state index contributed by atoms with van der Waals surface area (Å²) in [4.78, 5) is 4.06. The Morgan fingerprint density at radius 3 is 1.70 bits per heavy atom. The van der Waals surface area contributed by atoms with Gasteiger partial charge in [-0.1, -0.05) is 56.1 Å². The van der Waals surface area contributed by atoms with Crippen LogP contribution in [-0.2, 0) is 0 Å². The molecule has 0 unspecified atom stereocenters. The molecule has 0 amide bonds. The zero-order valence-electron chi connectivity index (χ0n) is 10.4. The van der Waals surface area contributed by atoms with Crippen molar-refractivity contribution in [3.63, 3.8) is 0 Å². The van der Waals surface area contributed by atoms with Gasteiger partial charge < -0.3 is 0 Å². The molecule has 0 spiro atoms. The summed E-state index contributed by atoms with van der Waals surface area (Å²) in [6.45, 7) is 0. The molecule has 3 aromatic rings. The zero-order valence-corrected chi connectivity index (χ0v) is 13.6. The SMILES string of the molecule is Brc1ccc(C(c2ccc(Br)cc2)n2cncn2)cc1. The summed E-state index contributed by atoms with van der Waals surface area (Å²) in [5, 5.41) is 4.30. The molecule has 0 aliphatic rings. The molecule has 0 fully saturated rings. The molecule has 0 atom stereocenters. The molecule has 100 valence electrons. The Labute approximate surface area is 133 Å². The molecule has 0 bridgehead atoms. The topological polar surface area (TPSA) is 30.7 Å². The van der Waals surface area contributed by atoms with Gasteiger partial charge in [-0.2, -0.15) is 5.10 Å². The molecule has 3 rings (SSSR count). The highest BCUT2D eigenvalue weighted by molar-refractivity contribution is 9.10. The Bertz CT molecular complexity index is 631. The Morgan fingerprint density at radius 2 is 1.30 bits per heavy atom. The number of nitrogens with zero attached hydrogens (tertiary/aromatic N) is 3. The highest BCUT2D eigenvalue weighted by Gasteiger charge is 2.16. The molecular weight excluding hydrogens is 382 g/mol. The van der Waals surface area contributed by atoms with Crippen molar-refractivity contribution >= 4 is 31.9 Å². The van der Waals surface area contributed by atoms with Crippen LogP contribution in [0.4, 0.5) is 0 Å². The third-order valence-corrected chi connectivity index (χ3v) is 4.13. The number of hydrogen-bond acceptors (Lipinski definition) is 2. The predicted octanol–water partition coefficient (Wildman–Crippen LogP) is 4.44. The first-order chi connectivity index (χ1) is 9.74. The monoisotopic (exact) mass is 391 g/mol. The number of halogens is 2. The van der Waals surface area contributed by atoms with Crippen molar-refractivity contribution in [3.8, 4) is 0 Å². The van der Waals surface area contributed by atoms with Crippen LogP contribution in [0, 0.1) is 0 Å². The molecule has 0 radical (unpaired) electrons. The summed E-state index contributed by atoms with van der Waals surface area (Å²) in [5.41, 5.74) is 2.34. The lowest BCUT2D eigenvalue weighted by molar-refractivity contribution is 0.594. The van der Waals surface area contributed by atoms with Crippen LogP contribution in [0.15, 0.2) is 70.1 Å².